The topological polar surface area (TPSA) is 72.7 Å². The van der Waals surface area contributed by atoms with E-state index in [0.29, 0.717) is 14.6 Å². The van der Waals surface area contributed by atoms with Gasteiger partial charge in [-0.15, -0.1) is 16.4 Å². The number of thiazole rings is 1. The van der Waals surface area contributed by atoms with Crippen molar-refractivity contribution in [3.8, 4) is 0 Å². The van der Waals surface area contributed by atoms with Gasteiger partial charge in [-0.2, -0.15) is 4.98 Å². The van der Waals surface area contributed by atoms with Crippen molar-refractivity contribution in [1.29, 1.82) is 0 Å². The molecule has 0 aliphatic carbocycles. The lowest BCUT2D eigenvalue weighted by Crippen LogP contribution is -2.19. The Morgan fingerprint density at radius 1 is 1.56 bits per heavy atom. The summed E-state index contributed by atoms with van der Waals surface area (Å²) in [5.74, 6) is -0.201. The van der Waals surface area contributed by atoms with Crippen LogP contribution in [0.25, 0.3) is 0 Å². The van der Waals surface area contributed by atoms with Gasteiger partial charge in [-0.05, 0) is 31.9 Å². The highest BCUT2D eigenvalue weighted by atomic mass is 79.9. The number of nitrogens with zero attached hydrogens (tertiary/aromatic N) is 4. The van der Waals surface area contributed by atoms with E-state index >= 15 is 0 Å². The Morgan fingerprint density at radius 3 is 2.94 bits per heavy atom. The minimum Gasteiger partial charge on any atom is -0.300 e. The van der Waals surface area contributed by atoms with Gasteiger partial charge in [0.2, 0.25) is 10.6 Å². The zero-order chi connectivity index (χ0) is 11.5. The molecule has 0 atom stereocenters. The molecule has 0 radical (unpaired) electrons. The van der Waals surface area contributed by atoms with Crippen LogP contribution in [0.3, 0.4) is 0 Å². The van der Waals surface area contributed by atoms with Crippen LogP contribution in [0.5, 0.6) is 0 Å². The molecule has 84 valence electrons. The fourth-order valence-electron chi connectivity index (χ4n) is 0.978. The quantitative estimate of drug-likeness (QED) is 0.900. The van der Waals surface area contributed by atoms with Crippen LogP contribution in [0.15, 0.2) is 21.0 Å². The number of carbonyl (C=O) groups excluding carboxylic acids is 1. The van der Waals surface area contributed by atoms with Crippen LogP contribution in [0, 0.1) is 0 Å². The first kappa shape index (κ1) is 11.7. The number of halogens is 2. The van der Waals surface area contributed by atoms with Gasteiger partial charge in [-0.1, -0.05) is 0 Å². The largest absolute Gasteiger partial charge is 0.300 e. The molecule has 2 heterocycles. The average Bonchev–Trinajstić information content (AvgIpc) is 2.78. The minimum absolute atomic E-state index is 0.0821. The normalized spacial score (nSPS) is 10.4. The third kappa shape index (κ3) is 2.86. The van der Waals surface area contributed by atoms with Crippen LogP contribution in [0.4, 0.5) is 5.13 Å². The Balaban J connectivity index is 2.00. The van der Waals surface area contributed by atoms with Gasteiger partial charge in [0.25, 0.3) is 0 Å². The SMILES string of the molecule is O=C(Cn1nc(Br)nc1Br)Nc1nccs1. The number of carbonyl (C=O) groups is 1. The van der Waals surface area contributed by atoms with Crippen molar-refractivity contribution >= 4 is 54.2 Å². The molecule has 2 rings (SSSR count). The van der Waals surface area contributed by atoms with Crippen molar-refractivity contribution in [2.45, 2.75) is 6.54 Å². The molecule has 0 saturated heterocycles. The molecule has 16 heavy (non-hydrogen) atoms. The molecule has 0 bridgehead atoms. The highest BCUT2D eigenvalue weighted by molar-refractivity contribution is 9.11. The summed E-state index contributed by atoms with van der Waals surface area (Å²) >= 11 is 7.67. The lowest BCUT2D eigenvalue weighted by molar-refractivity contribution is -0.116. The van der Waals surface area contributed by atoms with Crippen molar-refractivity contribution < 1.29 is 4.79 Å². The molecule has 0 aliphatic heterocycles. The van der Waals surface area contributed by atoms with Gasteiger partial charge in [0.15, 0.2) is 9.87 Å². The van der Waals surface area contributed by atoms with Crippen LogP contribution in [0.1, 0.15) is 0 Å². The van der Waals surface area contributed by atoms with Crippen molar-refractivity contribution in [3.05, 3.63) is 21.0 Å². The molecule has 0 unspecified atom stereocenters. The molecular formula is C7H5Br2N5OS. The summed E-state index contributed by atoms with van der Waals surface area (Å²) in [4.78, 5) is 19.5. The third-order valence-corrected chi connectivity index (χ3v) is 3.18. The highest BCUT2D eigenvalue weighted by Crippen LogP contribution is 2.13. The average molecular weight is 367 g/mol. The van der Waals surface area contributed by atoms with Crippen molar-refractivity contribution in [3.63, 3.8) is 0 Å². The van der Waals surface area contributed by atoms with Gasteiger partial charge in [0.05, 0.1) is 0 Å². The number of aromatic nitrogens is 4. The van der Waals surface area contributed by atoms with Crippen molar-refractivity contribution in [2.75, 3.05) is 5.32 Å². The van der Waals surface area contributed by atoms with E-state index in [0.717, 1.165) is 0 Å². The van der Waals surface area contributed by atoms with E-state index in [4.69, 9.17) is 0 Å². The first-order valence-corrected chi connectivity index (χ1v) is 6.57. The molecule has 0 aromatic carbocycles. The number of nitrogens with one attached hydrogen (secondary N) is 1. The Hall–Kier alpha value is -0.800. The van der Waals surface area contributed by atoms with Crippen LogP contribution in [-0.2, 0) is 11.3 Å². The highest BCUT2D eigenvalue weighted by Gasteiger charge is 2.10. The van der Waals surface area contributed by atoms with Crippen LogP contribution in [-0.4, -0.2) is 25.7 Å². The number of hydrogen-bond acceptors (Lipinski definition) is 5. The van der Waals surface area contributed by atoms with Crippen LogP contribution >= 0.6 is 43.2 Å². The van der Waals surface area contributed by atoms with Gasteiger partial charge in [0.1, 0.15) is 6.54 Å². The van der Waals surface area contributed by atoms with E-state index < -0.39 is 0 Å². The molecule has 1 amide bonds. The Labute approximate surface area is 111 Å². The monoisotopic (exact) mass is 365 g/mol. The van der Waals surface area contributed by atoms with E-state index in [1.54, 1.807) is 11.6 Å². The second-order valence-corrected chi connectivity index (χ2v) is 5.01. The molecule has 0 saturated carbocycles. The van der Waals surface area contributed by atoms with E-state index in [1.807, 2.05) is 0 Å². The van der Waals surface area contributed by atoms with Gasteiger partial charge >= 0.3 is 0 Å². The fraction of sp³-hybridized carbons (Fsp3) is 0.143. The zero-order valence-corrected chi connectivity index (χ0v) is 11.7. The van der Waals surface area contributed by atoms with E-state index in [2.05, 4.69) is 52.2 Å². The van der Waals surface area contributed by atoms with E-state index in [9.17, 15) is 4.79 Å². The molecule has 0 fully saturated rings. The Bertz CT molecular complexity index is 497. The minimum atomic E-state index is -0.201. The number of anilines is 1. The smallest absolute Gasteiger partial charge is 0.247 e. The fourth-order valence-corrected chi connectivity index (χ4v) is 2.49. The van der Waals surface area contributed by atoms with Crippen LogP contribution in [0.2, 0.25) is 0 Å². The van der Waals surface area contributed by atoms with E-state index in [1.165, 1.54) is 16.0 Å². The molecule has 9 heteroatoms. The summed E-state index contributed by atoms with van der Waals surface area (Å²) in [7, 11) is 0. The summed E-state index contributed by atoms with van der Waals surface area (Å²) in [6.07, 6.45) is 1.63. The third-order valence-electron chi connectivity index (χ3n) is 1.57. The standard InChI is InChI=1S/C7H5Br2N5OS/c8-5-12-6(9)14(13-5)3-4(15)11-7-10-1-2-16-7/h1-2H,3H2,(H,10,11,15). The molecule has 6 nitrogen and oxygen atoms in total. The van der Waals surface area contributed by atoms with E-state index in [-0.39, 0.29) is 12.5 Å². The summed E-state index contributed by atoms with van der Waals surface area (Å²) in [5.41, 5.74) is 0. The number of amides is 1. The molecule has 2 aromatic rings. The second kappa shape index (κ2) is 5.02. The predicted octanol–water partition coefficient (Wildman–Crippen LogP) is 1.90. The maximum Gasteiger partial charge on any atom is 0.247 e. The predicted molar refractivity (Wildman–Crippen MR) is 66.2 cm³/mol. The number of hydrogen-bond donors (Lipinski definition) is 1. The maximum atomic E-state index is 11.6. The first-order valence-electron chi connectivity index (χ1n) is 4.10. The van der Waals surface area contributed by atoms with Gasteiger partial charge in [-0.25, -0.2) is 9.67 Å². The lowest BCUT2D eigenvalue weighted by Gasteiger charge is -2.01. The Morgan fingerprint density at radius 2 is 2.38 bits per heavy atom. The summed E-state index contributed by atoms with van der Waals surface area (Å²) in [5, 5.41) is 8.99. The summed E-state index contributed by atoms with van der Waals surface area (Å²) in [6, 6.07) is 0. The van der Waals surface area contributed by atoms with Gasteiger partial charge in [0, 0.05) is 11.6 Å². The second-order valence-electron chi connectivity index (χ2n) is 2.69. The molecule has 2 aromatic heterocycles. The first-order chi connectivity index (χ1) is 7.65. The molecular weight excluding hydrogens is 362 g/mol. The molecule has 0 aliphatic rings. The molecule has 1 N–H and O–H groups in total. The summed E-state index contributed by atoms with van der Waals surface area (Å²) < 4.78 is 2.36. The van der Waals surface area contributed by atoms with Crippen molar-refractivity contribution in [2.24, 2.45) is 0 Å². The molecule has 0 spiro atoms. The number of rotatable bonds is 3. The van der Waals surface area contributed by atoms with Gasteiger partial charge < -0.3 is 5.32 Å². The summed E-state index contributed by atoms with van der Waals surface area (Å²) in [6.45, 7) is 0.0821. The van der Waals surface area contributed by atoms with Gasteiger partial charge in [-0.3, -0.25) is 4.79 Å². The Kier molecular flexibility index (Phi) is 3.66. The zero-order valence-electron chi connectivity index (χ0n) is 7.72. The van der Waals surface area contributed by atoms with Crippen LogP contribution < -0.4 is 5.32 Å². The maximum absolute atomic E-state index is 11.6. The van der Waals surface area contributed by atoms with Crippen molar-refractivity contribution in [1.82, 2.24) is 19.7 Å². The lowest BCUT2D eigenvalue weighted by atomic mass is 10.6.